The molecule has 1 atom stereocenters. The molecule has 27 heavy (non-hydrogen) atoms. The molecular formula is C19H22F2N2O3S. The molecule has 1 amide bonds. The zero-order valence-corrected chi connectivity index (χ0v) is 16.2. The Kier molecular flexibility index (Phi) is 6.67. The van der Waals surface area contributed by atoms with Gasteiger partial charge in [-0.05, 0) is 44.0 Å². The maximum absolute atomic E-state index is 13.7. The fourth-order valence-electron chi connectivity index (χ4n) is 2.62. The molecule has 0 bridgehead atoms. The lowest BCUT2D eigenvalue weighted by atomic mass is 10.1. The molecule has 0 aromatic heterocycles. The van der Waals surface area contributed by atoms with Crippen LogP contribution in [0.15, 0.2) is 41.3 Å². The maximum atomic E-state index is 13.7. The lowest BCUT2D eigenvalue weighted by Crippen LogP contribution is -2.32. The SMILES string of the molecule is Cc1ccc(C)c(S(=O)(=O)NCCC(=O)NC(C)c2ccc(F)cc2F)c1. The number of amides is 1. The first-order chi connectivity index (χ1) is 12.6. The highest BCUT2D eigenvalue weighted by molar-refractivity contribution is 7.89. The lowest BCUT2D eigenvalue weighted by molar-refractivity contribution is -0.121. The minimum absolute atomic E-state index is 0.0971. The van der Waals surface area contributed by atoms with Gasteiger partial charge in [0, 0.05) is 24.6 Å². The Morgan fingerprint density at radius 3 is 2.48 bits per heavy atom. The molecule has 0 spiro atoms. The first kappa shape index (κ1) is 21.0. The van der Waals surface area contributed by atoms with Crippen LogP contribution in [0.2, 0.25) is 0 Å². The van der Waals surface area contributed by atoms with E-state index < -0.39 is 33.6 Å². The Bertz CT molecular complexity index is 946. The summed E-state index contributed by atoms with van der Waals surface area (Å²) in [4.78, 5) is 12.2. The zero-order chi connectivity index (χ0) is 20.2. The van der Waals surface area contributed by atoms with E-state index in [1.807, 2.05) is 6.07 Å². The van der Waals surface area contributed by atoms with Gasteiger partial charge in [0.15, 0.2) is 0 Å². The van der Waals surface area contributed by atoms with Crippen LogP contribution in [0.25, 0.3) is 0 Å². The number of hydrogen-bond donors (Lipinski definition) is 2. The fourth-order valence-corrected chi connectivity index (χ4v) is 3.98. The molecular weight excluding hydrogens is 374 g/mol. The Morgan fingerprint density at radius 2 is 1.81 bits per heavy atom. The average molecular weight is 396 g/mol. The van der Waals surface area contributed by atoms with Gasteiger partial charge < -0.3 is 5.32 Å². The summed E-state index contributed by atoms with van der Waals surface area (Å²) in [5.41, 5.74) is 1.58. The summed E-state index contributed by atoms with van der Waals surface area (Å²) in [6, 6.07) is 7.55. The van der Waals surface area contributed by atoms with Crippen molar-refractivity contribution in [2.75, 3.05) is 6.54 Å². The molecule has 0 radical (unpaired) electrons. The van der Waals surface area contributed by atoms with Gasteiger partial charge in [0.05, 0.1) is 10.9 Å². The number of benzene rings is 2. The van der Waals surface area contributed by atoms with Crippen molar-refractivity contribution < 1.29 is 22.0 Å². The molecule has 0 aliphatic rings. The second-order valence-electron chi connectivity index (χ2n) is 6.37. The zero-order valence-electron chi connectivity index (χ0n) is 15.3. The molecule has 1 unspecified atom stereocenters. The van der Waals surface area contributed by atoms with Gasteiger partial charge in [0.1, 0.15) is 11.6 Å². The molecule has 0 fully saturated rings. The van der Waals surface area contributed by atoms with Gasteiger partial charge in [-0.1, -0.05) is 18.2 Å². The van der Waals surface area contributed by atoms with Gasteiger partial charge in [-0.3, -0.25) is 4.79 Å². The Balaban J connectivity index is 1.92. The highest BCUT2D eigenvalue weighted by Crippen LogP contribution is 2.18. The smallest absolute Gasteiger partial charge is 0.240 e. The van der Waals surface area contributed by atoms with Crippen LogP contribution in [-0.2, 0) is 14.8 Å². The number of sulfonamides is 1. The van der Waals surface area contributed by atoms with Crippen LogP contribution >= 0.6 is 0 Å². The molecule has 0 aliphatic carbocycles. The highest BCUT2D eigenvalue weighted by Gasteiger charge is 2.18. The van der Waals surface area contributed by atoms with Crippen molar-refractivity contribution in [1.29, 1.82) is 0 Å². The lowest BCUT2D eigenvalue weighted by Gasteiger charge is -2.15. The molecule has 2 aromatic carbocycles. The second kappa shape index (κ2) is 8.58. The maximum Gasteiger partial charge on any atom is 0.240 e. The van der Waals surface area contributed by atoms with Crippen LogP contribution in [-0.4, -0.2) is 20.9 Å². The van der Waals surface area contributed by atoms with Gasteiger partial charge in [0.25, 0.3) is 0 Å². The van der Waals surface area contributed by atoms with Crippen molar-refractivity contribution in [3.63, 3.8) is 0 Å². The van der Waals surface area contributed by atoms with Gasteiger partial charge >= 0.3 is 0 Å². The van der Waals surface area contributed by atoms with Crippen molar-refractivity contribution in [2.45, 2.75) is 38.1 Å². The largest absolute Gasteiger partial charge is 0.349 e. The first-order valence-electron chi connectivity index (χ1n) is 8.41. The van der Waals surface area contributed by atoms with Crippen molar-refractivity contribution >= 4 is 15.9 Å². The van der Waals surface area contributed by atoms with E-state index in [1.54, 1.807) is 32.9 Å². The van der Waals surface area contributed by atoms with Crippen molar-refractivity contribution in [2.24, 2.45) is 0 Å². The van der Waals surface area contributed by atoms with Crippen molar-refractivity contribution in [3.05, 3.63) is 64.7 Å². The van der Waals surface area contributed by atoms with E-state index in [0.29, 0.717) is 5.56 Å². The first-order valence-corrected chi connectivity index (χ1v) is 9.89. The van der Waals surface area contributed by atoms with Crippen LogP contribution in [0.4, 0.5) is 8.78 Å². The van der Waals surface area contributed by atoms with Crippen LogP contribution in [0.1, 0.15) is 36.1 Å². The van der Waals surface area contributed by atoms with E-state index in [0.717, 1.165) is 17.7 Å². The third-order valence-corrected chi connectivity index (χ3v) is 5.69. The third-order valence-electron chi connectivity index (χ3n) is 4.08. The quantitative estimate of drug-likeness (QED) is 0.755. The second-order valence-corrected chi connectivity index (χ2v) is 8.11. The molecule has 0 heterocycles. The highest BCUT2D eigenvalue weighted by atomic mass is 32.2. The normalized spacial score (nSPS) is 12.6. The molecule has 146 valence electrons. The van der Waals surface area contributed by atoms with E-state index >= 15 is 0 Å². The van der Waals surface area contributed by atoms with Gasteiger partial charge in [-0.25, -0.2) is 21.9 Å². The minimum Gasteiger partial charge on any atom is -0.349 e. The summed E-state index contributed by atoms with van der Waals surface area (Å²) in [5.74, 6) is -1.90. The van der Waals surface area contributed by atoms with Crippen molar-refractivity contribution in [3.8, 4) is 0 Å². The van der Waals surface area contributed by atoms with Gasteiger partial charge in [0.2, 0.25) is 15.9 Å². The van der Waals surface area contributed by atoms with E-state index in [2.05, 4.69) is 10.0 Å². The van der Waals surface area contributed by atoms with Crippen molar-refractivity contribution in [1.82, 2.24) is 10.0 Å². The molecule has 2 aromatic rings. The molecule has 0 saturated heterocycles. The Hall–Kier alpha value is -2.32. The number of rotatable bonds is 7. The summed E-state index contributed by atoms with van der Waals surface area (Å²) >= 11 is 0. The van der Waals surface area contributed by atoms with E-state index in [4.69, 9.17) is 0 Å². The number of halogens is 2. The summed E-state index contributed by atoms with van der Waals surface area (Å²) in [5, 5.41) is 2.57. The van der Waals surface area contributed by atoms with Gasteiger partial charge in [-0.2, -0.15) is 0 Å². The monoisotopic (exact) mass is 396 g/mol. The molecule has 2 rings (SSSR count). The average Bonchev–Trinajstić information content (AvgIpc) is 2.56. The number of aryl methyl sites for hydroxylation is 2. The van der Waals surface area contributed by atoms with E-state index in [1.165, 1.54) is 6.07 Å². The number of hydrogen-bond acceptors (Lipinski definition) is 3. The predicted molar refractivity (Wildman–Crippen MR) is 98.6 cm³/mol. The summed E-state index contributed by atoms with van der Waals surface area (Å²) in [6.07, 6.45) is -0.114. The predicted octanol–water partition coefficient (Wildman–Crippen LogP) is 3.13. The topological polar surface area (TPSA) is 75.3 Å². The fraction of sp³-hybridized carbons (Fsp3) is 0.316. The molecule has 0 aliphatic heterocycles. The minimum atomic E-state index is -3.73. The summed E-state index contributed by atoms with van der Waals surface area (Å²) in [6.45, 7) is 4.95. The van der Waals surface area contributed by atoms with Gasteiger partial charge in [-0.15, -0.1) is 0 Å². The molecule has 0 saturated carbocycles. The third kappa shape index (κ3) is 5.58. The standard InChI is InChI=1S/C19H22F2N2O3S/c1-12-4-5-13(2)18(10-12)27(25,26)22-9-8-19(24)23-14(3)16-7-6-15(20)11-17(16)21/h4-7,10-11,14,22H,8-9H2,1-3H3,(H,23,24). The number of carbonyl (C=O) groups excluding carboxylic acids is 1. The molecule has 8 heteroatoms. The van der Waals surface area contributed by atoms with Crippen LogP contribution in [0.3, 0.4) is 0 Å². The van der Waals surface area contributed by atoms with E-state index in [-0.39, 0.29) is 23.4 Å². The Labute approximate surface area is 157 Å². The van der Waals surface area contributed by atoms with Crippen LogP contribution in [0, 0.1) is 25.5 Å². The number of nitrogens with one attached hydrogen (secondary N) is 2. The Morgan fingerprint density at radius 1 is 1.11 bits per heavy atom. The number of carbonyl (C=O) groups is 1. The molecule has 5 nitrogen and oxygen atoms in total. The van der Waals surface area contributed by atoms with Crippen LogP contribution < -0.4 is 10.0 Å². The molecule has 2 N–H and O–H groups in total. The summed E-state index contributed by atoms with van der Waals surface area (Å²) in [7, 11) is -3.73. The summed E-state index contributed by atoms with van der Waals surface area (Å²) < 4.78 is 53.8. The van der Waals surface area contributed by atoms with E-state index in [9.17, 15) is 22.0 Å². The van der Waals surface area contributed by atoms with Crippen LogP contribution in [0.5, 0.6) is 0 Å².